The number of ether oxygens (including phenoxy) is 2. The van der Waals surface area contributed by atoms with E-state index in [-0.39, 0.29) is 18.3 Å². The van der Waals surface area contributed by atoms with Crippen LogP contribution in [0.4, 0.5) is 0 Å². The molecule has 0 saturated heterocycles. The summed E-state index contributed by atoms with van der Waals surface area (Å²) in [5.41, 5.74) is 6.46. The van der Waals surface area contributed by atoms with Crippen LogP contribution in [-0.4, -0.2) is 18.4 Å². The molecule has 5 heteroatoms. The van der Waals surface area contributed by atoms with Gasteiger partial charge in [-0.1, -0.05) is 30.3 Å². The quantitative estimate of drug-likeness (QED) is 0.691. The molecule has 1 heterocycles. The smallest absolute Gasteiger partial charge is 0.231 e. The van der Waals surface area contributed by atoms with Gasteiger partial charge in [0.2, 0.25) is 12.6 Å². The van der Waals surface area contributed by atoms with Crippen molar-refractivity contribution in [3.05, 3.63) is 71.4 Å². The van der Waals surface area contributed by atoms with E-state index in [1.54, 1.807) is 42.5 Å². The first-order valence-electron chi connectivity index (χ1n) is 6.66. The van der Waals surface area contributed by atoms with Crippen molar-refractivity contribution in [2.75, 3.05) is 6.79 Å². The van der Waals surface area contributed by atoms with Gasteiger partial charge in [-0.05, 0) is 18.2 Å². The number of allylic oxidation sites excluding steroid dienone is 2. The van der Waals surface area contributed by atoms with Crippen LogP contribution in [0.25, 0.3) is 0 Å². The molecule has 0 spiro atoms. The molecule has 22 heavy (non-hydrogen) atoms. The first-order valence-corrected chi connectivity index (χ1v) is 6.66. The van der Waals surface area contributed by atoms with E-state index >= 15 is 0 Å². The first-order chi connectivity index (χ1) is 10.6. The van der Waals surface area contributed by atoms with Crippen molar-refractivity contribution in [2.24, 2.45) is 5.73 Å². The minimum absolute atomic E-state index is 0.118. The third-order valence-electron chi connectivity index (χ3n) is 3.24. The van der Waals surface area contributed by atoms with Crippen molar-refractivity contribution in [3.63, 3.8) is 0 Å². The Morgan fingerprint density at radius 2 is 1.68 bits per heavy atom. The van der Waals surface area contributed by atoms with Crippen LogP contribution in [0.15, 0.2) is 60.3 Å². The number of benzene rings is 2. The van der Waals surface area contributed by atoms with E-state index in [1.807, 2.05) is 6.07 Å². The van der Waals surface area contributed by atoms with Gasteiger partial charge in [-0.25, -0.2) is 0 Å². The predicted octanol–water partition coefficient (Wildman–Crippen LogP) is 2.32. The van der Waals surface area contributed by atoms with Gasteiger partial charge in [-0.2, -0.15) is 0 Å². The molecule has 110 valence electrons. The maximum atomic E-state index is 12.3. The van der Waals surface area contributed by atoms with Gasteiger partial charge in [0, 0.05) is 17.2 Å². The fourth-order valence-corrected chi connectivity index (χ4v) is 2.10. The normalized spacial score (nSPS) is 13.0. The molecule has 0 atom stereocenters. The lowest BCUT2D eigenvalue weighted by molar-refractivity contribution is 0.101. The van der Waals surface area contributed by atoms with Gasteiger partial charge in [0.05, 0.1) is 5.70 Å². The predicted molar refractivity (Wildman–Crippen MR) is 79.9 cm³/mol. The summed E-state index contributed by atoms with van der Waals surface area (Å²) >= 11 is 0. The lowest BCUT2D eigenvalue weighted by Gasteiger charge is -2.03. The average Bonchev–Trinajstić information content (AvgIpc) is 3.02. The summed E-state index contributed by atoms with van der Waals surface area (Å²) in [6, 6.07) is 13.4. The molecule has 0 fully saturated rings. The van der Waals surface area contributed by atoms with Crippen LogP contribution in [0.5, 0.6) is 11.5 Å². The van der Waals surface area contributed by atoms with E-state index in [2.05, 4.69) is 0 Å². The highest BCUT2D eigenvalue weighted by molar-refractivity contribution is 6.14. The number of nitrogens with two attached hydrogens (primary N) is 1. The zero-order chi connectivity index (χ0) is 15.5. The van der Waals surface area contributed by atoms with E-state index in [9.17, 15) is 9.59 Å². The Balaban J connectivity index is 1.82. The Bertz CT molecular complexity index is 765. The number of Topliss-reactive ketones (excluding diaryl/α,β-unsaturated/α-hetero) is 1. The summed E-state index contributed by atoms with van der Waals surface area (Å²) in [6.07, 6.45) is 1.14. The van der Waals surface area contributed by atoms with E-state index in [1.165, 1.54) is 0 Å². The Labute approximate surface area is 127 Å². The third kappa shape index (κ3) is 2.69. The molecule has 0 bridgehead atoms. The van der Waals surface area contributed by atoms with Crippen molar-refractivity contribution in [2.45, 2.75) is 0 Å². The Morgan fingerprint density at radius 1 is 0.955 bits per heavy atom. The van der Waals surface area contributed by atoms with E-state index in [4.69, 9.17) is 15.2 Å². The number of hydrogen-bond donors (Lipinski definition) is 1. The fourth-order valence-electron chi connectivity index (χ4n) is 2.10. The summed E-state index contributed by atoms with van der Waals surface area (Å²) in [5, 5.41) is 0. The Kier molecular flexibility index (Phi) is 3.62. The van der Waals surface area contributed by atoms with Crippen molar-refractivity contribution >= 4 is 11.6 Å². The summed E-state index contributed by atoms with van der Waals surface area (Å²) in [7, 11) is 0. The number of hydrogen-bond acceptors (Lipinski definition) is 5. The van der Waals surface area contributed by atoms with Crippen molar-refractivity contribution in [1.82, 2.24) is 0 Å². The highest BCUT2D eigenvalue weighted by Crippen LogP contribution is 2.32. The summed E-state index contributed by atoms with van der Waals surface area (Å²) in [4.78, 5) is 24.3. The molecule has 0 unspecified atom stereocenters. The van der Waals surface area contributed by atoms with Crippen LogP contribution >= 0.6 is 0 Å². The minimum atomic E-state index is -0.428. The highest BCUT2D eigenvalue weighted by atomic mass is 16.7. The van der Waals surface area contributed by atoms with Crippen molar-refractivity contribution in [1.29, 1.82) is 0 Å². The zero-order valence-corrected chi connectivity index (χ0v) is 11.6. The summed E-state index contributed by atoms with van der Waals surface area (Å²) in [6.45, 7) is 0.130. The van der Waals surface area contributed by atoms with E-state index < -0.39 is 5.78 Å². The fraction of sp³-hybridized carbons (Fsp3) is 0.0588. The second-order valence-corrected chi connectivity index (χ2v) is 4.73. The van der Waals surface area contributed by atoms with Crippen molar-refractivity contribution in [3.8, 4) is 11.5 Å². The molecule has 5 nitrogen and oxygen atoms in total. The molecule has 0 radical (unpaired) electrons. The Morgan fingerprint density at radius 3 is 2.45 bits per heavy atom. The molecule has 1 aliphatic rings. The Hall–Kier alpha value is -3.08. The van der Waals surface area contributed by atoms with Crippen LogP contribution in [0.2, 0.25) is 0 Å². The maximum Gasteiger partial charge on any atom is 0.231 e. The monoisotopic (exact) mass is 295 g/mol. The molecular formula is C17H13NO4. The van der Waals surface area contributed by atoms with Gasteiger partial charge in [-0.15, -0.1) is 0 Å². The van der Waals surface area contributed by atoms with Gasteiger partial charge in [0.1, 0.15) is 0 Å². The molecule has 0 aliphatic carbocycles. The van der Waals surface area contributed by atoms with Crippen LogP contribution in [-0.2, 0) is 0 Å². The maximum absolute atomic E-state index is 12.3. The lowest BCUT2D eigenvalue weighted by atomic mass is 10.0. The van der Waals surface area contributed by atoms with Crippen LogP contribution < -0.4 is 15.2 Å². The zero-order valence-electron chi connectivity index (χ0n) is 11.6. The van der Waals surface area contributed by atoms with Crippen LogP contribution in [0.1, 0.15) is 20.7 Å². The minimum Gasteiger partial charge on any atom is -0.454 e. The van der Waals surface area contributed by atoms with Crippen molar-refractivity contribution < 1.29 is 19.1 Å². The second kappa shape index (κ2) is 5.73. The number of ketones is 2. The molecule has 0 saturated carbocycles. The molecule has 0 aromatic heterocycles. The van der Waals surface area contributed by atoms with Gasteiger partial charge in [0.15, 0.2) is 17.3 Å². The average molecular weight is 295 g/mol. The number of carbonyl (C=O) groups excluding carboxylic acids is 2. The third-order valence-corrected chi connectivity index (χ3v) is 3.24. The topological polar surface area (TPSA) is 78.6 Å². The standard InChI is InChI=1S/C17H13NO4/c18-13(9-14(19)11-4-2-1-3-5-11)17(20)12-6-7-15-16(8-12)22-10-21-15/h1-9H,10,18H2. The van der Waals surface area contributed by atoms with Gasteiger partial charge < -0.3 is 15.2 Å². The molecule has 2 aromatic carbocycles. The first kappa shape index (κ1) is 13.9. The SMILES string of the molecule is NC(=CC(=O)c1ccccc1)C(=O)c1ccc2c(c1)OCO2. The molecule has 2 aromatic rings. The number of rotatable bonds is 4. The lowest BCUT2D eigenvalue weighted by Crippen LogP contribution is -2.13. The molecule has 3 rings (SSSR count). The highest BCUT2D eigenvalue weighted by Gasteiger charge is 2.18. The van der Waals surface area contributed by atoms with E-state index in [0.717, 1.165) is 6.08 Å². The van der Waals surface area contributed by atoms with Gasteiger partial charge >= 0.3 is 0 Å². The van der Waals surface area contributed by atoms with Crippen LogP contribution in [0, 0.1) is 0 Å². The summed E-state index contributed by atoms with van der Waals surface area (Å²) in [5.74, 6) is 0.335. The second-order valence-electron chi connectivity index (χ2n) is 4.73. The number of fused-ring (bicyclic) bond motifs is 1. The van der Waals surface area contributed by atoms with Gasteiger partial charge in [0.25, 0.3) is 0 Å². The molecule has 2 N–H and O–H groups in total. The molecular weight excluding hydrogens is 282 g/mol. The molecule has 1 aliphatic heterocycles. The van der Waals surface area contributed by atoms with E-state index in [0.29, 0.717) is 22.6 Å². The number of carbonyl (C=O) groups is 2. The molecule has 0 amide bonds. The van der Waals surface area contributed by atoms with Crippen LogP contribution in [0.3, 0.4) is 0 Å². The largest absolute Gasteiger partial charge is 0.454 e. The summed E-state index contributed by atoms with van der Waals surface area (Å²) < 4.78 is 10.4. The van der Waals surface area contributed by atoms with Gasteiger partial charge in [-0.3, -0.25) is 9.59 Å².